The highest BCUT2D eigenvalue weighted by Gasteiger charge is 2.37. The van der Waals surface area contributed by atoms with Crippen LogP contribution >= 0.6 is 11.5 Å². The highest BCUT2D eigenvalue weighted by molar-refractivity contribution is 7.06. The largest absolute Gasteiger partial charge is 0.443 e. The van der Waals surface area contributed by atoms with Gasteiger partial charge in [-0.15, -0.1) is 0 Å². The summed E-state index contributed by atoms with van der Waals surface area (Å²) < 4.78 is 44.4. The molecule has 2 aromatic rings. The van der Waals surface area contributed by atoms with Crippen LogP contribution in [0.5, 0.6) is 0 Å². The molecule has 0 radical (unpaired) electrons. The number of aromatic nitrogens is 1. The van der Waals surface area contributed by atoms with Crippen molar-refractivity contribution in [2.45, 2.75) is 56.8 Å². The molecular formula is C19H18F3NO3S. The first-order chi connectivity index (χ1) is 12.8. The Bertz CT molecular complexity index is 906. The molecule has 5 rings (SSSR count). The highest BCUT2D eigenvalue weighted by Crippen LogP contribution is 2.49. The maximum Gasteiger partial charge on any atom is 0.416 e. The Hall–Kier alpha value is -2.09. The lowest BCUT2D eigenvalue weighted by Gasteiger charge is -2.34. The van der Waals surface area contributed by atoms with E-state index < -0.39 is 17.7 Å². The molecule has 0 unspecified atom stereocenters. The van der Waals surface area contributed by atoms with Gasteiger partial charge in [0.1, 0.15) is 0 Å². The molecule has 0 saturated heterocycles. The molecule has 0 aliphatic heterocycles. The van der Waals surface area contributed by atoms with Crippen LogP contribution in [0.2, 0.25) is 0 Å². The van der Waals surface area contributed by atoms with Crippen LogP contribution in [0.15, 0.2) is 29.1 Å². The first-order valence-corrected chi connectivity index (χ1v) is 9.66. The van der Waals surface area contributed by atoms with Gasteiger partial charge in [-0.3, -0.25) is 9.59 Å². The number of alkyl halides is 3. The van der Waals surface area contributed by atoms with Crippen LogP contribution in [0.1, 0.15) is 59.1 Å². The van der Waals surface area contributed by atoms with Crippen LogP contribution in [0.3, 0.4) is 0 Å². The minimum Gasteiger partial charge on any atom is -0.443 e. The van der Waals surface area contributed by atoms with Gasteiger partial charge in [-0.05, 0) is 55.2 Å². The highest BCUT2D eigenvalue weighted by atomic mass is 32.1. The summed E-state index contributed by atoms with van der Waals surface area (Å²) in [5.41, 5.74) is 0.516. The predicted molar refractivity (Wildman–Crippen MR) is 93.8 cm³/mol. The predicted octanol–water partition coefficient (Wildman–Crippen LogP) is 4.43. The molecule has 1 aromatic carbocycles. The van der Waals surface area contributed by atoms with E-state index in [4.69, 9.17) is 4.74 Å². The van der Waals surface area contributed by atoms with E-state index in [1.165, 1.54) is 27.6 Å². The van der Waals surface area contributed by atoms with Gasteiger partial charge in [0.25, 0.3) is 5.56 Å². The standard InChI is InChI=1S/C19H18F3NO3S/c20-19(21,22)14-7-1-11(2-8-14)9-15(24)26-10-23-18(25)16-12-3-5-13(6-4-12)17(16)27-23/h1-2,7-8,12-13H,3-6,9-10H2. The zero-order chi connectivity index (χ0) is 19.2. The zero-order valence-corrected chi connectivity index (χ0v) is 15.2. The minimum absolute atomic E-state index is 0.0632. The number of rotatable bonds is 4. The fourth-order valence-corrected chi connectivity index (χ4v) is 5.27. The van der Waals surface area contributed by atoms with Crippen molar-refractivity contribution in [2.24, 2.45) is 0 Å². The molecule has 2 bridgehead atoms. The molecule has 1 fully saturated rings. The van der Waals surface area contributed by atoms with E-state index >= 15 is 0 Å². The smallest absolute Gasteiger partial charge is 0.416 e. The van der Waals surface area contributed by atoms with Crippen LogP contribution in [0.4, 0.5) is 13.2 Å². The van der Waals surface area contributed by atoms with E-state index in [-0.39, 0.29) is 18.7 Å². The SMILES string of the molecule is O=C(Cc1ccc(C(F)(F)F)cc1)OCn1sc2c(c1=O)C1CCC2CC1. The monoisotopic (exact) mass is 397 g/mol. The van der Waals surface area contributed by atoms with Crippen molar-refractivity contribution in [2.75, 3.05) is 0 Å². The summed E-state index contributed by atoms with van der Waals surface area (Å²) in [7, 11) is 0. The molecule has 3 aliphatic rings. The second-order valence-electron chi connectivity index (χ2n) is 7.12. The molecule has 1 saturated carbocycles. The number of ether oxygens (including phenoxy) is 1. The van der Waals surface area contributed by atoms with Gasteiger partial charge in [0.15, 0.2) is 6.73 Å². The number of hydrogen-bond acceptors (Lipinski definition) is 4. The van der Waals surface area contributed by atoms with Gasteiger partial charge in [0.05, 0.1) is 12.0 Å². The lowest BCUT2D eigenvalue weighted by molar-refractivity contribution is -0.146. The average Bonchev–Trinajstić information content (AvgIpc) is 2.99. The molecule has 0 atom stereocenters. The lowest BCUT2D eigenvalue weighted by atomic mass is 9.71. The summed E-state index contributed by atoms with van der Waals surface area (Å²) in [6, 6.07) is 4.40. The van der Waals surface area contributed by atoms with E-state index in [2.05, 4.69) is 0 Å². The van der Waals surface area contributed by atoms with Crippen LogP contribution in [0.25, 0.3) is 0 Å². The van der Waals surface area contributed by atoms with E-state index in [0.717, 1.165) is 48.3 Å². The number of hydrogen-bond donors (Lipinski definition) is 0. The molecule has 0 spiro atoms. The van der Waals surface area contributed by atoms with Gasteiger partial charge in [-0.25, -0.2) is 3.96 Å². The third-order valence-electron chi connectivity index (χ3n) is 5.41. The molecule has 3 aliphatic carbocycles. The molecule has 1 aromatic heterocycles. The van der Waals surface area contributed by atoms with Gasteiger partial charge in [0, 0.05) is 10.4 Å². The third kappa shape index (κ3) is 3.54. The fourth-order valence-electron chi connectivity index (χ4n) is 4.01. The number of benzene rings is 1. The molecule has 0 amide bonds. The van der Waals surface area contributed by atoms with Crippen LogP contribution < -0.4 is 5.56 Å². The molecule has 4 nitrogen and oxygen atoms in total. The maximum atomic E-state index is 12.6. The zero-order valence-electron chi connectivity index (χ0n) is 14.4. The van der Waals surface area contributed by atoms with E-state index in [1.807, 2.05) is 0 Å². The summed E-state index contributed by atoms with van der Waals surface area (Å²) in [5.74, 6) is 0.209. The van der Waals surface area contributed by atoms with Gasteiger partial charge in [-0.2, -0.15) is 13.2 Å². The van der Waals surface area contributed by atoms with Crippen LogP contribution in [-0.4, -0.2) is 9.93 Å². The molecule has 8 heteroatoms. The molecule has 27 heavy (non-hydrogen) atoms. The maximum absolute atomic E-state index is 12.6. The topological polar surface area (TPSA) is 48.3 Å². The van der Waals surface area contributed by atoms with Gasteiger partial charge in [0.2, 0.25) is 0 Å². The van der Waals surface area contributed by atoms with Crippen molar-refractivity contribution in [1.82, 2.24) is 3.96 Å². The Morgan fingerprint density at radius 3 is 2.33 bits per heavy atom. The Balaban J connectivity index is 1.39. The van der Waals surface area contributed by atoms with Crippen molar-refractivity contribution in [1.29, 1.82) is 0 Å². The summed E-state index contributed by atoms with van der Waals surface area (Å²) in [6.07, 6.45) is -0.202. The number of carbonyl (C=O) groups excluding carboxylic acids is 1. The fraction of sp³-hybridized carbons (Fsp3) is 0.474. The normalized spacial score (nSPS) is 21.1. The van der Waals surface area contributed by atoms with Crippen LogP contribution in [0, 0.1) is 0 Å². The van der Waals surface area contributed by atoms with Crippen molar-refractivity contribution >= 4 is 17.5 Å². The van der Waals surface area contributed by atoms with E-state index in [9.17, 15) is 22.8 Å². The summed E-state index contributed by atoms with van der Waals surface area (Å²) >= 11 is 1.38. The Kier molecular flexibility index (Phi) is 4.61. The average molecular weight is 397 g/mol. The van der Waals surface area contributed by atoms with E-state index in [0.29, 0.717) is 17.4 Å². The van der Waals surface area contributed by atoms with Crippen molar-refractivity contribution in [3.05, 3.63) is 56.2 Å². The van der Waals surface area contributed by atoms with Gasteiger partial charge in [-0.1, -0.05) is 23.7 Å². The Labute approximate surface area is 157 Å². The van der Waals surface area contributed by atoms with E-state index in [1.54, 1.807) is 0 Å². The number of carbonyl (C=O) groups is 1. The first kappa shape index (κ1) is 18.3. The Morgan fingerprint density at radius 2 is 1.74 bits per heavy atom. The van der Waals surface area contributed by atoms with Crippen molar-refractivity contribution in [3.63, 3.8) is 0 Å². The number of esters is 1. The molecule has 1 heterocycles. The first-order valence-electron chi connectivity index (χ1n) is 8.88. The van der Waals surface area contributed by atoms with Gasteiger partial charge < -0.3 is 4.74 Å². The number of nitrogens with zero attached hydrogens (tertiary/aromatic N) is 1. The molecule has 0 N–H and O–H groups in total. The number of fused-ring (bicyclic) bond motifs is 2. The van der Waals surface area contributed by atoms with Gasteiger partial charge >= 0.3 is 12.1 Å². The summed E-state index contributed by atoms with van der Waals surface area (Å²) in [6.45, 7) is -0.143. The minimum atomic E-state index is -4.40. The van der Waals surface area contributed by atoms with Crippen molar-refractivity contribution in [3.8, 4) is 0 Å². The lowest BCUT2D eigenvalue weighted by Crippen LogP contribution is -2.27. The molecule has 144 valence electrons. The number of halogens is 3. The molecular weight excluding hydrogens is 379 g/mol. The summed E-state index contributed by atoms with van der Waals surface area (Å²) in [5, 5.41) is 0. The summed E-state index contributed by atoms with van der Waals surface area (Å²) in [4.78, 5) is 25.7. The third-order valence-corrected chi connectivity index (χ3v) is 6.65. The quantitative estimate of drug-likeness (QED) is 0.718. The second kappa shape index (κ2) is 6.82. The van der Waals surface area contributed by atoms with Crippen molar-refractivity contribution < 1.29 is 22.7 Å². The second-order valence-corrected chi connectivity index (χ2v) is 8.18. The Morgan fingerprint density at radius 1 is 1.11 bits per heavy atom. The van der Waals surface area contributed by atoms with Crippen LogP contribution in [-0.2, 0) is 28.9 Å².